The average Bonchev–Trinajstić information content (AvgIpc) is 3.83. The Morgan fingerprint density at radius 2 is 1.44 bits per heavy atom. The molecular formula is C39H54N8O8. The molecule has 3 amide bonds. The van der Waals surface area contributed by atoms with Crippen molar-refractivity contribution in [2.45, 2.75) is 142 Å². The Kier molecular flexibility index (Phi) is 11.7. The van der Waals surface area contributed by atoms with Crippen LogP contribution >= 0.6 is 0 Å². The van der Waals surface area contributed by atoms with E-state index < -0.39 is 35.1 Å². The van der Waals surface area contributed by atoms with E-state index in [-0.39, 0.29) is 46.6 Å². The van der Waals surface area contributed by atoms with Crippen molar-refractivity contribution in [2.24, 2.45) is 0 Å². The standard InChI is InChI=1S/C39H54N8O8/c1-12-28(48)26-20-39(45-42-26)18-17-25(19-39)27-21-40-30(47(34(50)54-37(5,6)7)35(51)55-38(8,9)10)29(41-27)32-44-43-31(52-32)24-15-13-23(14-16-24)22-46(11)33(49)53-36(2,3)4/h13-16,21,25-26,42,45H,12,17-20,22H2,1-11H3. The minimum atomic E-state index is -1.02. The lowest BCUT2D eigenvalue weighted by molar-refractivity contribution is -0.120. The number of ether oxygens (including phenoxy) is 3. The lowest BCUT2D eigenvalue weighted by Gasteiger charge is -2.28. The molecular weight excluding hydrogens is 708 g/mol. The van der Waals surface area contributed by atoms with Gasteiger partial charge in [-0.25, -0.2) is 29.8 Å². The number of anilines is 1. The molecule has 55 heavy (non-hydrogen) atoms. The number of rotatable bonds is 8. The molecule has 5 rings (SSSR count). The summed E-state index contributed by atoms with van der Waals surface area (Å²) < 4.78 is 22.9. The number of benzene rings is 1. The van der Waals surface area contributed by atoms with Crippen molar-refractivity contribution in [1.29, 1.82) is 0 Å². The fourth-order valence-corrected chi connectivity index (χ4v) is 6.48. The van der Waals surface area contributed by atoms with E-state index in [0.29, 0.717) is 42.0 Å². The van der Waals surface area contributed by atoms with Gasteiger partial charge in [-0.2, -0.15) is 4.90 Å². The van der Waals surface area contributed by atoms with Crippen LogP contribution in [0.3, 0.4) is 0 Å². The summed E-state index contributed by atoms with van der Waals surface area (Å²) in [6, 6.07) is 6.96. The van der Waals surface area contributed by atoms with Gasteiger partial charge in [0.1, 0.15) is 16.8 Å². The summed E-state index contributed by atoms with van der Waals surface area (Å²) >= 11 is 0. The van der Waals surface area contributed by atoms with Crippen molar-refractivity contribution in [2.75, 3.05) is 11.9 Å². The highest BCUT2D eigenvalue weighted by atomic mass is 16.6. The van der Waals surface area contributed by atoms with Crippen LogP contribution in [-0.2, 0) is 25.5 Å². The van der Waals surface area contributed by atoms with Crippen LogP contribution in [0.1, 0.15) is 119 Å². The van der Waals surface area contributed by atoms with E-state index in [0.717, 1.165) is 18.4 Å². The SMILES string of the molecule is CCC(=O)C1CC2(CCC(c3cnc(N(C(=O)OC(C)(C)C)C(=O)OC(C)(C)C)c(-c4nnc(-c5ccc(CN(C)C(=O)OC(C)(C)C)cc5)o4)n3)C2)NN1. The summed E-state index contributed by atoms with van der Waals surface area (Å²) in [5.41, 5.74) is 5.72. The molecule has 1 aromatic carbocycles. The molecule has 0 bridgehead atoms. The first-order valence-corrected chi connectivity index (χ1v) is 18.6. The zero-order valence-electron chi connectivity index (χ0n) is 33.7. The molecule has 1 saturated carbocycles. The molecule has 1 spiro atoms. The van der Waals surface area contributed by atoms with Gasteiger partial charge < -0.3 is 23.5 Å². The number of imide groups is 1. The van der Waals surface area contributed by atoms with Crippen LogP contribution in [0.4, 0.5) is 20.2 Å². The van der Waals surface area contributed by atoms with Gasteiger partial charge in [-0.1, -0.05) is 19.1 Å². The maximum absolute atomic E-state index is 13.7. The quantitative estimate of drug-likeness (QED) is 0.221. The van der Waals surface area contributed by atoms with Crippen LogP contribution in [0.15, 0.2) is 34.9 Å². The maximum Gasteiger partial charge on any atom is 0.425 e. The summed E-state index contributed by atoms with van der Waals surface area (Å²) in [4.78, 5) is 64.2. The van der Waals surface area contributed by atoms with Crippen LogP contribution in [0.2, 0.25) is 0 Å². The summed E-state index contributed by atoms with van der Waals surface area (Å²) in [7, 11) is 1.66. The van der Waals surface area contributed by atoms with Crippen molar-refractivity contribution in [3.8, 4) is 23.0 Å². The number of ketones is 1. The highest BCUT2D eigenvalue weighted by Crippen LogP contribution is 2.45. The number of carbonyl (C=O) groups excluding carboxylic acids is 4. The third kappa shape index (κ3) is 10.4. The van der Waals surface area contributed by atoms with Crippen LogP contribution in [-0.4, -0.2) is 84.6 Å². The second-order valence-corrected chi connectivity index (χ2v) is 17.3. The van der Waals surface area contributed by atoms with Gasteiger partial charge in [0.05, 0.1) is 17.9 Å². The van der Waals surface area contributed by atoms with Crippen LogP contribution in [0, 0.1) is 0 Å². The third-order valence-electron chi connectivity index (χ3n) is 8.96. The summed E-state index contributed by atoms with van der Waals surface area (Å²) in [6.07, 6.45) is 2.37. The first kappa shape index (κ1) is 41.2. The molecule has 1 aliphatic carbocycles. The Morgan fingerprint density at radius 1 is 0.855 bits per heavy atom. The molecule has 1 aliphatic heterocycles. The molecule has 2 aromatic heterocycles. The van der Waals surface area contributed by atoms with E-state index in [9.17, 15) is 19.2 Å². The molecule has 16 nitrogen and oxygen atoms in total. The molecule has 3 heterocycles. The maximum atomic E-state index is 13.7. The van der Waals surface area contributed by atoms with Gasteiger partial charge in [-0.15, -0.1) is 10.2 Å². The minimum Gasteiger partial charge on any atom is -0.444 e. The van der Waals surface area contributed by atoms with Crippen molar-refractivity contribution in [3.05, 3.63) is 41.7 Å². The lowest BCUT2D eigenvalue weighted by Crippen LogP contribution is -2.44. The van der Waals surface area contributed by atoms with Crippen LogP contribution in [0.5, 0.6) is 0 Å². The number of nitrogens with one attached hydrogen (secondary N) is 2. The molecule has 2 N–H and O–H groups in total. The van der Waals surface area contributed by atoms with Crippen LogP contribution in [0.25, 0.3) is 23.0 Å². The second kappa shape index (κ2) is 15.6. The Balaban J connectivity index is 1.50. The number of nitrogens with zero attached hydrogens (tertiary/aromatic N) is 6. The van der Waals surface area contributed by atoms with Crippen molar-refractivity contribution in [1.82, 2.24) is 35.9 Å². The van der Waals surface area contributed by atoms with Gasteiger partial charge in [0.2, 0.25) is 5.89 Å². The molecule has 2 fully saturated rings. The van der Waals surface area contributed by atoms with E-state index >= 15 is 0 Å². The highest BCUT2D eigenvalue weighted by molar-refractivity contribution is 6.10. The summed E-state index contributed by atoms with van der Waals surface area (Å²) in [5, 5.41) is 8.58. The van der Waals surface area contributed by atoms with Gasteiger partial charge in [0, 0.05) is 37.0 Å². The summed E-state index contributed by atoms with van der Waals surface area (Å²) in [6.45, 7) is 17.7. The molecule has 1 saturated heterocycles. The third-order valence-corrected chi connectivity index (χ3v) is 8.96. The molecule has 0 radical (unpaired) electrons. The Morgan fingerprint density at radius 3 is 2.02 bits per heavy atom. The predicted molar refractivity (Wildman–Crippen MR) is 203 cm³/mol. The fraction of sp³-hybridized carbons (Fsp3) is 0.590. The Hall–Kier alpha value is -4.96. The molecule has 2 aliphatic rings. The van der Waals surface area contributed by atoms with Gasteiger partial charge >= 0.3 is 18.3 Å². The first-order chi connectivity index (χ1) is 25.6. The largest absolute Gasteiger partial charge is 0.444 e. The van der Waals surface area contributed by atoms with E-state index in [1.54, 1.807) is 60.7 Å². The van der Waals surface area contributed by atoms with E-state index in [4.69, 9.17) is 23.6 Å². The number of aromatic nitrogens is 4. The van der Waals surface area contributed by atoms with Gasteiger partial charge in [-0.3, -0.25) is 10.2 Å². The zero-order chi connectivity index (χ0) is 40.5. The Bertz CT molecular complexity index is 1860. The Labute approximate surface area is 322 Å². The second-order valence-electron chi connectivity index (χ2n) is 17.3. The van der Waals surface area contributed by atoms with Crippen LogP contribution < -0.4 is 15.8 Å². The van der Waals surface area contributed by atoms with E-state index in [1.165, 1.54) is 11.1 Å². The topological polar surface area (TPSA) is 191 Å². The smallest absolute Gasteiger partial charge is 0.425 e. The minimum absolute atomic E-state index is 0.0129. The van der Waals surface area contributed by atoms with E-state index in [1.807, 2.05) is 39.8 Å². The number of amides is 3. The first-order valence-electron chi connectivity index (χ1n) is 18.6. The highest BCUT2D eigenvalue weighted by Gasteiger charge is 2.47. The van der Waals surface area contributed by atoms with Gasteiger partial charge in [0.25, 0.3) is 5.89 Å². The molecule has 3 atom stereocenters. The van der Waals surface area contributed by atoms with Gasteiger partial charge in [-0.05, 0) is 106 Å². The molecule has 298 valence electrons. The average molecular weight is 763 g/mol. The number of hydrogen-bond donors (Lipinski definition) is 2. The predicted octanol–water partition coefficient (Wildman–Crippen LogP) is 7.09. The van der Waals surface area contributed by atoms with E-state index in [2.05, 4.69) is 26.0 Å². The number of hydrogen-bond acceptors (Lipinski definition) is 14. The molecule has 16 heteroatoms. The number of hydrazine groups is 1. The van der Waals surface area contributed by atoms with Gasteiger partial charge in [0.15, 0.2) is 17.3 Å². The summed E-state index contributed by atoms with van der Waals surface area (Å²) in [5.74, 6) is -0.0694. The zero-order valence-corrected chi connectivity index (χ0v) is 33.7. The van der Waals surface area contributed by atoms with Crippen molar-refractivity contribution in [3.63, 3.8) is 0 Å². The molecule has 3 aromatic rings. The monoisotopic (exact) mass is 762 g/mol. The number of carbonyl (C=O) groups is 4. The normalized spacial score (nSPS) is 20.0. The number of Topliss-reactive ketones (excluding diaryl/α,β-unsaturated/α-hetero) is 1. The van der Waals surface area contributed by atoms with Crippen molar-refractivity contribution >= 4 is 29.9 Å². The lowest BCUT2D eigenvalue weighted by atomic mass is 9.89. The molecule has 3 unspecified atom stereocenters. The van der Waals surface area contributed by atoms with Crippen molar-refractivity contribution < 1.29 is 37.8 Å². The fourth-order valence-electron chi connectivity index (χ4n) is 6.48.